The Morgan fingerprint density at radius 1 is 1.42 bits per heavy atom. The number of rotatable bonds is 7. The van der Waals surface area contributed by atoms with Gasteiger partial charge in [0.1, 0.15) is 0 Å². The molecule has 0 rings (SSSR count). The van der Waals surface area contributed by atoms with Crippen LogP contribution in [0, 0.1) is 0 Å². The van der Waals surface area contributed by atoms with Crippen LogP contribution < -0.4 is 5.32 Å². The molecule has 2 heteroatoms. The Hall–Kier alpha value is -0.0100. The molecule has 0 spiro atoms. The Morgan fingerprint density at radius 2 is 2.17 bits per heavy atom. The van der Waals surface area contributed by atoms with E-state index in [9.17, 15) is 0 Å². The Bertz CT molecular complexity index is 112. The second-order valence-corrected chi connectivity index (χ2v) is 3.39. The number of hydrogen-bond donors (Lipinski definition) is 1. The summed E-state index contributed by atoms with van der Waals surface area (Å²) in [6.45, 7) is 5.39. The molecular formula is C10H20ClN. The van der Waals surface area contributed by atoms with Crippen LogP contribution in [0.15, 0.2) is 12.2 Å². The van der Waals surface area contributed by atoms with Crippen LogP contribution in [0.4, 0.5) is 0 Å². The molecule has 1 N–H and O–H groups in total. The van der Waals surface area contributed by atoms with Crippen LogP contribution in [0.5, 0.6) is 0 Å². The van der Waals surface area contributed by atoms with Gasteiger partial charge in [-0.2, -0.15) is 0 Å². The number of alkyl halides is 1. The molecule has 0 aliphatic rings. The van der Waals surface area contributed by atoms with Crippen LogP contribution in [-0.4, -0.2) is 18.5 Å². The molecular weight excluding hydrogens is 170 g/mol. The first kappa shape index (κ1) is 12.0. The van der Waals surface area contributed by atoms with Gasteiger partial charge in [0.15, 0.2) is 0 Å². The summed E-state index contributed by atoms with van der Waals surface area (Å²) in [7, 11) is 0. The van der Waals surface area contributed by atoms with E-state index in [1.807, 2.05) is 6.08 Å². The van der Waals surface area contributed by atoms with Crippen molar-refractivity contribution in [3.8, 4) is 0 Å². The van der Waals surface area contributed by atoms with Crippen molar-refractivity contribution >= 4 is 11.6 Å². The van der Waals surface area contributed by atoms with Crippen molar-refractivity contribution in [2.24, 2.45) is 0 Å². The number of nitrogens with one attached hydrogen (secondary N) is 1. The summed E-state index contributed by atoms with van der Waals surface area (Å²) in [5.74, 6) is 0.616. The molecule has 0 aromatic carbocycles. The lowest BCUT2D eigenvalue weighted by Gasteiger charge is -2.10. The first-order chi connectivity index (χ1) is 5.81. The lowest BCUT2D eigenvalue weighted by Crippen LogP contribution is -2.25. The molecule has 72 valence electrons. The monoisotopic (exact) mass is 189 g/mol. The maximum absolute atomic E-state index is 5.49. The van der Waals surface area contributed by atoms with Crippen molar-refractivity contribution in [3.05, 3.63) is 12.2 Å². The lowest BCUT2D eigenvalue weighted by atomic mass is 10.1. The average Bonchev–Trinajstić information content (AvgIpc) is 2.09. The maximum atomic E-state index is 5.49. The van der Waals surface area contributed by atoms with Crippen molar-refractivity contribution < 1.29 is 0 Å². The van der Waals surface area contributed by atoms with E-state index in [0.717, 1.165) is 6.54 Å². The van der Waals surface area contributed by atoms with Crippen LogP contribution in [0.2, 0.25) is 0 Å². The number of halogens is 1. The predicted molar refractivity (Wildman–Crippen MR) is 56.8 cm³/mol. The van der Waals surface area contributed by atoms with E-state index in [1.165, 1.54) is 19.3 Å². The van der Waals surface area contributed by atoms with E-state index in [1.54, 1.807) is 0 Å². The van der Waals surface area contributed by atoms with Crippen molar-refractivity contribution in [2.75, 3.05) is 12.4 Å². The molecule has 0 aromatic rings. The summed E-state index contributed by atoms with van der Waals surface area (Å²) < 4.78 is 0. The van der Waals surface area contributed by atoms with Crippen molar-refractivity contribution in [2.45, 2.75) is 39.2 Å². The lowest BCUT2D eigenvalue weighted by molar-refractivity contribution is 0.519. The third-order valence-corrected chi connectivity index (χ3v) is 2.01. The Labute approximate surface area is 81.2 Å². The van der Waals surface area contributed by atoms with E-state index in [2.05, 4.69) is 25.2 Å². The summed E-state index contributed by atoms with van der Waals surface area (Å²) in [5.41, 5.74) is 0. The van der Waals surface area contributed by atoms with Crippen molar-refractivity contribution in [1.29, 1.82) is 0 Å². The Balaban J connectivity index is 3.18. The molecule has 0 heterocycles. The fraction of sp³-hybridized carbons (Fsp3) is 0.800. The molecule has 1 unspecified atom stereocenters. The molecule has 1 nitrogen and oxygen atoms in total. The fourth-order valence-corrected chi connectivity index (χ4v) is 1.15. The molecule has 12 heavy (non-hydrogen) atoms. The summed E-state index contributed by atoms with van der Waals surface area (Å²) >= 11 is 5.49. The van der Waals surface area contributed by atoms with Crippen LogP contribution in [-0.2, 0) is 0 Å². The highest BCUT2D eigenvalue weighted by Gasteiger charge is 1.96. The predicted octanol–water partition coefficient (Wildman–Crippen LogP) is 2.95. The van der Waals surface area contributed by atoms with Gasteiger partial charge in [0.2, 0.25) is 0 Å². The zero-order valence-corrected chi connectivity index (χ0v) is 8.90. The second kappa shape index (κ2) is 9.08. The second-order valence-electron chi connectivity index (χ2n) is 3.08. The molecule has 0 bridgehead atoms. The zero-order chi connectivity index (χ0) is 9.23. The summed E-state index contributed by atoms with van der Waals surface area (Å²) in [5, 5.41) is 3.41. The molecule has 0 fully saturated rings. The van der Waals surface area contributed by atoms with Crippen molar-refractivity contribution in [3.63, 3.8) is 0 Å². The molecule has 0 aliphatic carbocycles. The highest BCUT2D eigenvalue weighted by molar-refractivity contribution is 6.18. The average molecular weight is 190 g/mol. The highest BCUT2D eigenvalue weighted by Crippen LogP contribution is 1.98. The number of unbranched alkanes of at least 4 members (excludes halogenated alkanes) is 1. The van der Waals surface area contributed by atoms with Gasteiger partial charge in [-0.3, -0.25) is 0 Å². The van der Waals surface area contributed by atoms with E-state index >= 15 is 0 Å². The number of allylic oxidation sites excluding steroid dienone is 1. The first-order valence-corrected chi connectivity index (χ1v) is 5.29. The number of hydrogen-bond acceptors (Lipinski definition) is 1. The van der Waals surface area contributed by atoms with E-state index in [-0.39, 0.29) is 0 Å². The maximum Gasteiger partial charge on any atom is 0.0404 e. The van der Waals surface area contributed by atoms with E-state index in [4.69, 9.17) is 11.6 Å². The normalized spacial score (nSPS) is 13.9. The topological polar surface area (TPSA) is 12.0 Å². The van der Waals surface area contributed by atoms with Gasteiger partial charge < -0.3 is 5.32 Å². The largest absolute Gasteiger partial charge is 0.311 e. The quantitative estimate of drug-likeness (QED) is 0.480. The zero-order valence-electron chi connectivity index (χ0n) is 8.15. The van der Waals surface area contributed by atoms with Gasteiger partial charge in [-0.1, -0.05) is 31.9 Å². The molecule has 1 atom stereocenters. The molecule has 0 aliphatic heterocycles. The molecule has 0 saturated carbocycles. The van der Waals surface area contributed by atoms with E-state index < -0.39 is 0 Å². The minimum Gasteiger partial charge on any atom is -0.311 e. The summed E-state index contributed by atoms with van der Waals surface area (Å²) in [6.07, 6.45) is 7.92. The van der Waals surface area contributed by atoms with Gasteiger partial charge in [-0.15, -0.1) is 11.6 Å². The van der Waals surface area contributed by atoms with Crippen LogP contribution >= 0.6 is 11.6 Å². The van der Waals surface area contributed by atoms with Gasteiger partial charge in [-0.25, -0.2) is 0 Å². The fourth-order valence-electron chi connectivity index (χ4n) is 1.03. The smallest absolute Gasteiger partial charge is 0.0404 e. The molecule has 0 radical (unpaired) electrons. The van der Waals surface area contributed by atoms with Crippen LogP contribution in [0.25, 0.3) is 0 Å². The van der Waals surface area contributed by atoms with Gasteiger partial charge in [0.25, 0.3) is 0 Å². The summed E-state index contributed by atoms with van der Waals surface area (Å²) in [4.78, 5) is 0. The van der Waals surface area contributed by atoms with Gasteiger partial charge in [0.05, 0.1) is 0 Å². The molecule has 0 saturated heterocycles. The Kier molecular flexibility index (Phi) is 9.07. The standard InChI is InChI=1S/C10H20ClN/c1-3-4-7-10(2)12-9-6-5-8-11/h5-6,10,12H,3-4,7-9H2,1-2H3/b6-5+. The molecule has 0 aromatic heterocycles. The molecule has 0 amide bonds. The first-order valence-electron chi connectivity index (χ1n) is 4.75. The highest BCUT2D eigenvalue weighted by atomic mass is 35.5. The minimum absolute atomic E-state index is 0.616. The SMILES string of the molecule is CCCCC(C)NC/C=C/CCl. The van der Waals surface area contributed by atoms with Gasteiger partial charge in [-0.05, 0) is 13.3 Å². The summed E-state index contributed by atoms with van der Waals surface area (Å²) in [6, 6.07) is 0.630. The minimum atomic E-state index is 0.616. The third kappa shape index (κ3) is 8.09. The Morgan fingerprint density at radius 3 is 2.75 bits per heavy atom. The van der Waals surface area contributed by atoms with E-state index in [0.29, 0.717) is 11.9 Å². The van der Waals surface area contributed by atoms with Crippen molar-refractivity contribution in [1.82, 2.24) is 5.32 Å². The van der Waals surface area contributed by atoms with Gasteiger partial charge >= 0.3 is 0 Å². The van der Waals surface area contributed by atoms with Gasteiger partial charge in [0, 0.05) is 18.5 Å². The van der Waals surface area contributed by atoms with Crippen LogP contribution in [0.1, 0.15) is 33.1 Å². The third-order valence-electron chi connectivity index (χ3n) is 1.83. The van der Waals surface area contributed by atoms with Crippen LogP contribution in [0.3, 0.4) is 0 Å².